The van der Waals surface area contributed by atoms with Crippen molar-refractivity contribution in [2.75, 3.05) is 5.32 Å². The molecule has 31 heavy (non-hydrogen) atoms. The Morgan fingerprint density at radius 1 is 0.742 bits per heavy atom. The van der Waals surface area contributed by atoms with Gasteiger partial charge in [0.05, 0.1) is 0 Å². The SMILES string of the molecule is CC.CC.CC.CC.Cc1cc2ccnc(Nc3ccc(C(C)(C)F)cc3)c2cc1C. The number of nitrogens with one attached hydrogen (secondary N) is 1. The van der Waals surface area contributed by atoms with Crippen LogP contribution < -0.4 is 5.32 Å². The highest BCUT2D eigenvalue weighted by Gasteiger charge is 2.18. The summed E-state index contributed by atoms with van der Waals surface area (Å²) in [6.07, 6.45) is 1.80. The van der Waals surface area contributed by atoms with E-state index >= 15 is 0 Å². The molecule has 2 aromatic carbocycles. The number of hydrogen-bond donors (Lipinski definition) is 1. The molecule has 0 atom stereocenters. The van der Waals surface area contributed by atoms with Crippen molar-refractivity contribution in [3.05, 3.63) is 65.4 Å². The topological polar surface area (TPSA) is 24.9 Å². The zero-order valence-electron chi connectivity index (χ0n) is 21.9. The fourth-order valence-corrected chi connectivity index (χ4v) is 2.63. The lowest BCUT2D eigenvalue weighted by atomic mass is 10.00. The molecule has 0 aliphatic heterocycles. The van der Waals surface area contributed by atoms with E-state index in [2.05, 4.69) is 36.3 Å². The number of pyridine rings is 1. The van der Waals surface area contributed by atoms with E-state index in [0.717, 1.165) is 22.3 Å². The first-order valence-corrected chi connectivity index (χ1v) is 11.8. The standard InChI is InChI=1S/C20H21FN2.4C2H6/c1-13-11-15-9-10-22-19(18(15)12-14(13)2)23-17-7-5-16(6-8-17)20(3,4)21;4*1-2/h5-12H,1-4H3,(H,22,23);4*1-2H3. The van der Waals surface area contributed by atoms with Crippen molar-refractivity contribution < 1.29 is 4.39 Å². The number of halogens is 1. The zero-order valence-corrected chi connectivity index (χ0v) is 21.9. The quantitative estimate of drug-likeness (QED) is 0.449. The maximum Gasteiger partial charge on any atom is 0.138 e. The molecular weight excluding hydrogens is 383 g/mol. The minimum atomic E-state index is -1.33. The smallest absolute Gasteiger partial charge is 0.138 e. The van der Waals surface area contributed by atoms with Gasteiger partial charge in [-0.05, 0) is 74.0 Å². The van der Waals surface area contributed by atoms with Crippen LogP contribution in [0.5, 0.6) is 0 Å². The van der Waals surface area contributed by atoms with Crippen LogP contribution in [0.4, 0.5) is 15.9 Å². The lowest BCUT2D eigenvalue weighted by Crippen LogP contribution is -2.08. The molecule has 3 aromatic rings. The molecule has 0 amide bonds. The van der Waals surface area contributed by atoms with Gasteiger partial charge in [0.25, 0.3) is 0 Å². The van der Waals surface area contributed by atoms with Crippen LogP contribution in [0.15, 0.2) is 48.7 Å². The van der Waals surface area contributed by atoms with Gasteiger partial charge >= 0.3 is 0 Å². The van der Waals surface area contributed by atoms with Crippen molar-refractivity contribution in [3.63, 3.8) is 0 Å². The van der Waals surface area contributed by atoms with Crippen LogP contribution in [0.25, 0.3) is 10.8 Å². The molecule has 2 nitrogen and oxygen atoms in total. The van der Waals surface area contributed by atoms with E-state index in [4.69, 9.17) is 0 Å². The molecule has 0 fully saturated rings. The molecule has 0 spiro atoms. The van der Waals surface area contributed by atoms with E-state index in [0.29, 0.717) is 5.56 Å². The van der Waals surface area contributed by atoms with Gasteiger partial charge in [0.1, 0.15) is 11.5 Å². The second kappa shape index (κ2) is 16.3. The van der Waals surface area contributed by atoms with Crippen molar-refractivity contribution in [1.29, 1.82) is 0 Å². The number of fused-ring (bicyclic) bond motifs is 1. The lowest BCUT2D eigenvalue weighted by molar-refractivity contribution is 0.221. The molecule has 1 aromatic heterocycles. The molecule has 0 saturated heterocycles. The number of benzene rings is 2. The molecule has 1 N–H and O–H groups in total. The van der Waals surface area contributed by atoms with Crippen LogP contribution in [-0.4, -0.2) is 4.98 Å². The first-order chi connectivity index (χ1) is 14.8. The molecule has 0 aliphatic rings. The van der Waals surface area contributed by atoms with Crippen LogP contribution in [0.1, 0.15) is 85.9 Å². The van der Waals surface area contributed by atoms with Crippen LogP contribution >= 0.6 is 0 Å². The number of aromatic nitrogens is 1. The largest absolute Gasteiger partial charge is 0.340 e. The minimum absolute atomic E-state index is 0.667. The summed E-state index contributed by atoms with van der Waals surface area (Å²) in [5.74, 6) is 0.817. The highest BCUT2D eigenvalue weighted by atomic mass is 19.1. The van der Waals surface area contributed by atoms with E-state index in [1.54, 1.807) is 20.0 Å². The molecule has 3 heteroatoms. The van der Waals surface area contributed by atoms with Gasteiger partial charge in [0, 0.05) is 17.3 Å². The number of alkyl halides is 1. The number of hydrogen-bond acceptors (Lipinski definition) is 2. The van der Waals surface area contributed by atoms with Gasteiger partial charge in [-0.3, -0.25) is 0 Å². The number of aryl methyl sites for hydroxylation is 2. The Hall–Kier alpha value is -2.42. The van der Waals surface area contributed by atoms with Crippen LogP contribution in [0.2, 0.25) is 0 Å². The van der Waals surface area contributed by atoms with Gasteiger partial charge in [-0.25, -0.2) is 9.37 Å². The Bertz CT molecular complexity index is 847. The Labute approximate surface area is 191 Å². The summed E-state index contributed by atoms with van der Waals surface area (Å²) in [5, 5.41) is 5.59. The lowest BCUT2D eigenvalue weighted by Gasteiger charge is -2.15. The van der Waals surface area contributed by atoms with Crippen molar-refractivity contribution in [2.45, 2.75) is 88.8 Å². The first kappa shape index (κ1) is 30.8. The average Bonchev–Trinajstić information content (AvgIpc) is 2.80. The van der Waals surface area contributed by atoms with Crippen molar-refractivity contribution in [2.24, 2.45) is 0 Å². The van der Waals surface area contributed by atoms with Gasteiger partial charge in [-0.1, -0.05) is 73.6 Å². The predicted molar refractivity (Wildman–Crippen MR) is 140 cm³/mol. The normalized spacial score (nSPS) is 9.45. The summed E-state index contributed by atoms with van der Waals surface area (Å²) in [5.41, 5.74) is 2.74. The average molecular weight is 429 g/mol. The van der Waals surface area contributed by atoms with Crippen LogP contribution in [0, 0.1) is 13.8 Å². The summed E-state index contributed by atoms with van der Waals surface area (Å²) >= 11 is 0. The minimum Gasteiger partial charge on any atom is -0.340 e. The van der Waals surface area contributed by atoms with Crippen molar-refractivity contribution in [3.8, 4) is 0 Å². The van der Waals surface area contributed by atoms with Gasteiger partial charge in [-0.2, -0.15) is 0 Å². The second-order valence-electron chi connectivity index (χ2n) is 6.49. The first-order valence-electron chi connectivity index (χ1n) is 11.8. The zero-order chi connectivity index (χ0) is 24.6. The number of anilines is 2. The number of nitrogens with zero attached hydrogens (tertiary/aromatic N) is 1. The van der Waals surface area contributed by atoms with Crippen LogP contribution in [-0.2, 0) is 5.67 Å². The molecule has 0 aliphatic carbocycles. The van der Waals surface area contributed by atoms with Crippen molar-refractivity contribution >= 4 is 22.3 Å². The molecule has 0 unspecified atom stereocenters. The third-order valence-electron chi connectivity index (χ3n) is 4.21. The van der Waals surface area contributed by atoms with E-state index in [1.165, 1.54) is 11.1 Å². The summed E-state index contributed by atoms with van der Waals surface area (Å²) in [6, 6.07) is 13.7. The summed E-state index contributed by atoms with van der Waals surface area (Å²) in [4.78, 5) is 4.46. The van der Waals surface area contributed by atoms with E-state index in [9.17, 15) is 4.39 Å². The Morgan fingerprint density at radius 3 is 1.71 bits per heavy atom. The predicted octanol–water partition coefficient (Wildman–Crippen LogP) is 9.90. The fourth-order valence-electron chi connectivity index (χ4n) is 2.63. The number of rotatable bonds is 3. The molecule has 3 rings (SSSR count). The maximum atomic E-state index is 13.9. The summed E-state index contributed by atoms with van der Waals surface area (Å²) in [7, 11) is 0. The fraction of sp³-hybridized carbons (Fsp3) is 0.464. The van der Waals surface area contributed by atoms with Gasteiger partial charge < -0.3 is 5.32 Å². The third kappa shape index (κ3) is 9.50. The molecule has 1 heterocycles. The molecular formula is C28H45FN2. The van der Waals surface area contributed by atoms with E-state index < -0.39 is 5.67 Å². The molecule has 174 valence electrons. The van der Waals surface area contributed by atoms with E-state index in [1.807, 2.05) is 85.7 Å². The highest BCUT2D eigenvalue weighted by molar-refractivity contribution is 5.94. The van der Waals surface area contributed by atoms with Gasteiger partial charge in [0.2, 0.25) is 0 Å². The third-order valence-corrected chi connectivity index (χ3v) is 4.21. The Balaban J connectivity index is 0. The van der Waals surface area contributed by atoms with Gasteiger partial charge in [-0.15, -0.1) is 0 Å². The maximum absolute atomic E-state index is 13.9. The molecule has 0 bridgehead atoms. The Morgan fingerprint density at radius 2 is 1.23 bits per heavy atom. The molecule has 0 radical (unpaired) electrons. The van der Waals surface area contributed by atoms with Crippen LogP contribution in [0.3, 0.4) is 0 Å². The van der Waals surface area contributed by atoms with Crippen molar-refractivity contribution in [1.82, 2.24) is 4.98 Å². The highest BCUT2D eigenvalue weighted by Crippen LogP contribution is 2.29. The monoisotopic (exact) mass is 428 g/mol. The van der Waals surface area contributed by atoms with E-state index in [-0.39, 0.29) is 0 Å². The summed E-state index contributed by atoms with van der Waals surface area (Å²) in [6.45, 7) is 23.3. The Kier molecular flexibility index (Phi) is 16.2. The summed E-state index contributed by atoms with van der Waals surface area (Å²) < 4.78 is 13.9. The second-order valence-corrected chi connectivity index (χ2v) is 6.49. The molecule has 0 saturated carbocycles. The van der Waals surface area contributed by atoms with Gasteiger partial charge in [0.15, 0.2) is 0 Å².